The van der Waals surface area contributed by atoms with Crippen molar-refractivity contribution in [3.05, 3.63) is 65.0 Å². The zero-order valence-electron chi connectivity index (χ0n) is 16.0. The molecule has 146 valence electrons. The topological polar surface area (TPSA) is 49.8 Å². The number of thiophene rings is 1. The molecule has 0 spiro atoms. The summed E-state index contributed by atoms with van der Waals surface area (Å²) in [6.07, 6.45) is 2.65. The van der Waals surface area contributed by atoms with Crippen LogP contribution in [0.4, 0.5) is 0 Å². The summed E-state index contributed by atoms with van der Waals surface area (Å²) in [7, 11) is 0. The number of hydrogen-bond acceptors (Lipinski definition) is 4. The minimum Gasteiger partial charge on any atom is -0.494 e. The first kappa shape index (κ1) is 19.0. The number of fused-ring (bicyclic) bond motifs is 1. The van der Waals surface area contributed by atoms with E-state index in [2.05, 4.69) is 34.5 Å². The van der Waals surface area contributed by atoms with Crippen LogP contribution in [-0.4, -0.2) is 35.2 Å². The van der Waals surface area contributed by atoms with Gasteiger partial charge in [0.25, 0.3) is 0 Å². The summed E-state index contributed by atoms with van der Waals surface area (Å²) in [5, 5.41) is 13.3. The second-order valence-electron chi connectivity index (χ2n) is 7.15. The molecule has 0 amide bonds. The Morgan fingerprint density at radius 2 is 1.96 bits per heavy atom. The van der Waals surface area contributed by atoms with Gasteiger partial charge >= 0.3 is 5.97 Å². The summed E-state index contributed by atoms with van der Waals surface area (Å²) in [5.41, 5.74) is 2.21. The third-order valence-corrected chi connectivity index (χ3v) is 6.46. The molecule has 2 unspecified atom stereocenters. The molecule has 3 aromatic rings. The number of carbonyl (C=O) groups is 1. The number of nitrogens with zero attached hydrogens (tertiary/aromatic N) is 1. The molecule has 1 N–H and O–H groups in total. The number of piperidine rings is 1. The van der Waals surface area contributed by atoms with E-state index in [1.165, 1.54) is 15.6 Å². The van der Waals surface area contributed by atoms with E-state index < -0.39 is 12.0 Å². The molecular formula is C23H25NO3S. The van der Waals surface area contributed by atoms with E-state index in [9.17, 15) is 9.90 Å². The average molecular weight is 396 g/mol. The number of benzene rings is 2. The molecule has 0 bridgehead atoms. The van der Waals surface area contributed by atoms with E-state index in [1.807, 2.05) is 31.2 Å². The van der Waals surface area contributed by atoms with Crippen molar-refractivity contribution in [1.29, 1.82) is 0 Å². The molecule has 1 fully saturated rings. The summed E-state index contributed by atoms with van der Waals surface area (Å²) in [6, 6.07) is 15.8. The summed E-state index contributed by atoms with van der Waals surface area (Å²) in [5.74, 6) is 0.0955. The zero-order chi connectivity index (χ0) is 19.5. The van der Waals surface area contributed by atoms with E-state index in [-0.39, 0.29) is 6.04 Å². The number of ether oxygens (including phenoxy) is 1. The number of carboxylic acids is 1. The van der Waals surface area contributed by atoms with E-state index in [4.69, 9.17) is 4.74 Å². The summed E-state index contributed by atoms with van der Waals surface area (Å²) in [4.78, 5) is 14.2. The molecule has 1 saturated heterocycles. The predicted octanol–water partition coefficient (Wildman–Crippen LogP) is 5.33. The first-order chi connectivity index (χ1) is 13.7. The van der Waals surface area contributed by atoms with Gasteiger partial charge in [-0.3, -0.25) is 9.69 Å². The molecule has 1 aliphatic rings. The Balaban J connectivity index is 1.90. The van der Waals surface area contributed by atoms with Crippen molar-refractivity contribution in [3.8, 4) is 5.75 Å². The fraction of sp³-hybridized carbons (Fsp3) is 0.348. The Morgan fingerprint density at radius 1 is 1.18 bits per heavy atom. The maximum Gasteiger partial charge on any atom is 0.320 e. The molecule has 5 heteroatoms. The fourth-order valence-electron chi connectivity index (χ4n) is 4.26. The molecule has 0 radical (unpaired) electrons. The molecule has 2 atom stereocenters. The fourth-order valence-corrected chi connectivity index (χ4v) is 5.24. The van der Waals surface area contributed by atoms with Gasteiger partial charge in [-0.1, -0.05) is 42.8 Å². The Kier molecular flexibility index (Phi) is 5.64. The van der Waals surface area contributed by atoms with Crippen LogP contribution >= 0.6 is 11.3 Å². The lowest BCUT2D eigenvalue weighted by Crippen LogP contribution is -2.46. The van der Waals surface area contributed by atoms with Crippen molar-refractivity contribution < 1.29 is 14.6 Å². The highest BCUT2D eigenvalue weighted by atomic mass is 32.1. The lowest BCUT2D eigenvalue weighted by atomic mass is 9.91. The van der Waals surface area contributed by atoms with Gasteiger partial charge < -0.3 is 9.84 Å². The molecular weight excluding hydrogens is 370 g/mol. The van der Waals surface area contributed by atoms with Crippen LogP contribution in [0.25, 0.3) is 10.1 Å². The van der Waals surface area contributed by atoms with Gasteiger partial charge in [-0.25, -0.2) is 0 Å². The molecule has 2 aromatic carbocycles. The standard InChI is InChI=1S/C23H25NO3S/c1-2-27-20-12-5-3-10-17(20)22(24-14-8-7-11-19(24)23(25)26)18-15-28-21-13-6-4-9-16(18)21/h3-6,9-10,12-13,15,19,22H,2,7-8,11,14H2,1H3,(H,25,26). The molecule has 1 aromatic heterocycles. The van der Waals surface area contributed by atoms with E-state index in [0.29, 0.717) is 13.0 Å². The van der Waals surface area contributed by atoms with Gasteiger partial charge in [0.2, 0.25) is 0 Å². The Hall–Kier alpha value is -2.37. The van der Waals surface area contributed by atoms with Crippen LogP contribution in [0.5, 0.6) is 5.75 Å². The Bertz CT molecular complexity index is 967. The highest BCUT2D eigenvalue weighted by molar-refractivity contribution is 7.17. The van der Waals surface area contributed by atoms with Crippen molar-refractivity contribution in [2.75, 3.05) is 13.2 Å². The number of para-hydroxylation sites is 1. The maximum atomic E-state index is 12.1. The lowest BCUT2D eigenvalue weighted by molar-refractivity contribution is -0.145. The second kappa shape index (κ2) is 8.33. The van der Waals surface area contributed by atoms with Crippen molar-refractivity contribution in [2.24, 2.45) is 0 Å². The minimum atomic E-state index is -0.738. The molecule has 1 aliphatic heterocycles. The summed E-state index contributed by atoms with van der Waals surface area (Å²) in [6.45, 7) is 3.33. The van der Waals surface area contributed by atoms with Gasteiger partial charge in [0.1, 0.15) is 11.8 Å². The van der Waals surface area contributed by atoms with E-state index in [0.717, 1.165) is 30.7 Å². The first-order valence-electron chi connectivity index (χ1n) is 9.87. The third-order valence-electron chi connectivity index (χ3n) is 5.48. The van der Waals surface area contributed by atoms with Crippen molar-refractivity contribution in [2.45, 2.75) is 38.3 Å². The third kappa shape index (κ3) is 3.52. The van der Waals surface area contributed by atoms with E-state index >= 15 is 0 Å². The average Bonchev–Trinajstić information content (AvgIpc) is 3.14. The maximum absolute atomic E-state index is 12.1. The van der Waals surface area contributed by atoms with Gasteiger partial charge in [-0.2, -0.15) is 0 Å². The van der Waals surface area contributed by atoms with Crippen LogP contribution in [-0.2, 0) is 4.79 Å². The zero-order valence-corrected chi connectivity index (χ0v) is 16.8. The number of rotatable bonds is 6. The predicted molar refractivity (Wildman–Crippen MR) is 113 cm³/mol. The van der Waals surface area contributed by atoms with Crippen LogP contribution in [0.3, 0.4) is 0 Å². The number of carboxylic acid groups (broad SMARTS) is 1. The van der Waals surface area contributed by atoms with Crippen LogP contribution in [0, 0.1) is 0 Å². The molecule has 2 heterocycles. The lowest BCUT2D eigenvalue weighted by Gasteiger charge is -2.39. The van der Waals surface area contributed by atoms with Gasteiger partial charge in [-0.05, 0) is 54.8 Å². The number of aliphatic carboxylic acids is 1. The van der Waals surface area contributed by atoms with Gasteiger partial charge in [-0.15, -0.1) is 11.3 Å². The normalized spacial score (nSPS) is 18.8. The minimum absolute atomic E-state index is 0.139. The van der Waals surface area contributed by atoms with Gasteiger partial charge in [0.05, 0.1) is 12.6 Å². The largest absolute Gasteiger partial charge is 0.494 e. The number of likely N-dealkylation sites (tertiary alicyclic amines) is 1. The summed E-state index contributed by atoms with van der Waals surface area (Å²) < 4.78 is 7.17. The SMILES string of the molecule is CCOc1ccccc1C(c1csc2ccccc12)N1CCCCC1C(=O)O. The van der Waals surface area contributed by atoms with Gasteiger partial charge in [0, 0.05) is 10.3 Å². The monoisotopic (exact) mass is 395 g/mol. The van der Waals surface area contributed by atoms with Crippen molar-refractivity contribution in [3.63, 3.8) is 0 Å². The Labute approximate surface area is 169 Å². The van der Waals surface area contributed by atoms with Crippen LogP contribution in [0.2, 0.25) is 0 Å². The van der Waals surface area contributed by atoms with Crippen LogP contribution < -0.4 is 4.74 Å². The molecule has 0 aliphatic carbocycles. The van der Waals surface area contributed by atoms with Crippen molar-refractivity contribution in [1.82, 2.24) is 4.90 Å². The highest BCUT2D eigenvalue weighted by Gasteiger charge is 2.37. The number of hydrogen-bond donors (Lipinski definition) is 1. The molecule has 0 saturated carbocycles. The van der Waals surface area contributed by atoms with Crippen molar-refractivity contribution >= 4 is 27.4 Å². The molecule has 4 nitrogen and oxygen atoms in total. The Morgan fingerprint density at radius 3 is 2.79 bits per heavy atom. The summed E-state index contributed by atoms with van der Waals surface area (Å²) >= 11 is 1.71. The second-order valence-corrected chi connectivity index (χ2v) is 8.06. The highest BCUT2D eigenvalue weighted by Crippen LogP contribution is 2.42. The molecule has 4 rings (SSSR count). The van der Waals surface area contributed by atoms with Crippen LogP contribution in [0.15, 0.2) is 53.9 Å². The van der Waals surface area contributed by atoms with E-state index in [1.54, 1.807) is 11.3 Å². The van der Waals surface area contributed by atoms with Gasteiger partial charge in [0.15, 0.2) is 0 Å². The smallest absolute Gasteiger partial charge is 0.320 e. The first-order valence-corrected chi connectivity index (χ1v) is 10.7. The quantitative estimate of drug-likeness (QED) is 0.613. The molecule has 28 heavy (non-hydrogen) atoms. The van der Waals surface area contributed by atoms with Crippen LogP contribution in [0.1, 0.15) is 43.4 Å².